The molecule has 0 aliphatic heterocycles. The fourth-order valence-electron chi connectivity index (χ4n) is 12.3. The van der Waals surface area contributed by atoms with Gasteiger partial charge in [-0.05, 0) is 121 Å². The van der Waals surface area contributed by atoms with Crippen molar-refractivity contribution in [2.45, 2.75) is 119 Å². The highest BCUT2D eigenvalue weighted by molar-refractivity contribution is 5.78. The second kappa shape index (κ2) is 10.8. The standard InChI is InChI=1S/C35H60O5/c1-23(2)24-11-16-35(30(37)40-22-21-39-20-19-38-8)18-17-33(6)25(29(24)35)9-10-27-32(5)14-13-28(36)31(3,4)26(32)12-15-34(27,33)7/h23-29,36H,9-22H2,1-8H3/t24-,25+,26-,27+,28-,29+,32-,33+,34+,35-/m0/s1. The van der Waals surface area contributed by atoms with Gasteiger partial charge in [-0.15, -0.1) is 0 Å². The maximum atomic E-state index is 14.0. The maximum Gasteiger partial charge on any atom is 0.312 e. The third-order valence-corrected chi connectivity index (χ3v) is 14.6. The van der Waals surface area contributed by atoms with E-state index in [1.54, 1.807) is 7.11 Å². The van der Waals surface area contributed by atoms with Crippen LogP contribution in [0.5, 0.6) is 0 Å². The summed E-state index contributed by atoms with van der Waals surface area (Å²) in [6, 6.07) is 0. The van der Waals surface area contributed by atoms with E-state index in [2.05, 4.69) is 48.5 Å². The van der Waals surface area contributed by atoms with Crippen molar-refractivity contribution in [2.24, 2.45) is 62.6 Å². The first-order valence-electron chi connectivity index (χ1n) is 16.7. The van der Waals surface area contributed by atoms with Gasteiger partial charge in [0.05, 0.1) is 31.3 Å². The Morgan fingerprint density at radius 2 is 1.52 bits per heavy atom. The molecule has 5 saturated carbocycles. The third-order valence-electron chi connectivity index (χ3n) is 14.6. The highest BCUT2D eigenvalue weighted by Crippen LogP contribution is 2.77. The van der Waals surface area contributed by atoms with Crippen molar-refractivity contribution in [1.29, 1.82) is 0 Å². The SMILES string of the molecule is COCCOCCOC(=O)[C@]12CC[C@@H](C(C)C)[C@@H]1[C@H]1CC[C@@H]3[C@@]4(C)CC[C@H](O)C(C)(C)[C@@H]4CC[C@@]3(C)[C@]1(C)CC2. The average Bonchev–Trinajstić information content (AvgIpc) is 3.30. The number of carbonyl (C=O) groups excluding carboxylic acids is 1. The first-order valence-corrected chi connectivity index (χ1v) is 16.7. The van der Waals surface area contributed by atoms with Crippen LogP contribution in [0.1, 0.15) is 113 Å². The molecule has 0 unspecified atom stereocenters. The van der Waals surface area contributed by atoms with E-state index in [1.807, 2.05) is 0 Å². The lowest BCUT2D eigenvalue weighted by molar-refractivity contribution is -0.250. The number of hydrogen-bond donors (Lipinski definition) is 1. The first kappa shape index (κ1) is 30.8. The molecule has 0 saturated heterocycles. The zero-order valence-electron chi connectivity index (χ0n) is 27.0. The summed E-state index contributed by atoms with van der Waals surface area (Å²) in [5, 5.41) is 11.0. The highest BCUT2D eigenvalue weighted by Gasteiger charge is 2.72. The lowest BCUT2D eigenvalue weighted by Gasteiger charge is -2.72. The topological polar surface area (TPSA) is 65.0 Å². The minimum atomic E-state index is -0.327. The summed E-state index contributed by atoms with van der Waals surface area (Å²) in [6.07, 6.45) is 11.2. The van der Waals surface area contributed by atoms with Gasteiger partial charge in [-0.1, -0.05) is 48.5 Å². The van der Waals surface area contributed by atoms with Gasteiger partial charge in [0.25, 0.3) is 0 Å². The van der Waals surface area contributed by atoms with Crippen molar-refractivity contribution >= 4 is 5.97 Å². The molecule has 40 heavy (non-hydrogen) atoms. The molecule has 230 valence electrons. The Hall–Kier alpha value is -0.650. The Labute approximate surface area is 244 Å². The van der Waals surface area contributed by atoms with E-state index < -0.39 is 0 Å². The zero-order chi connectivity index (χ0) is 29.1. The molecule has 0 radical (unpaired) electrons. The summed E-state index contributed by atoms with van der Waals surface area (Å²) in [6.45, 7) is 19.2. The van der Waals surface area contributed by atoms with Crippen molar-refractivity contribution in [3.63, 3.8) is 0 Å². The number of esters is 1. The Bertz CT molecular complexity index is 931. The molecule has 0 aromatic carbocycles. The highest BCUT2D eigenvalue weighted by atomic mass is 16.6. The van der Waals surface area contributed by atoms with Gasteiger partial charge in [-0.2, -0.15) is 0 Å². The smallest absolute Gasteiger partial charge is 0.312 e. The van der Waals surface area contributed by atoms with Crippen LogP contribution in [-0.4, -0.2) is 50.7 Å². The van der Waals surface area contributed by atoms with Gasteiger partial charge in [0.1, 0.15) is 6.61 Å². The lowest BCUT2D eigenvalue weighted by atomic mass is 9.32. The number of ether oxygens (including phenoxy) is 3. The molecule has 0 aromatic rings. The molecule has 0 heterocycles. The molecule has 5 aliphatic rings. The molecule has 5 fully saturated rings. The van der Waals surface area contributed by atoms with Crippen LogP contribution >= 0.6 is 0 Å². The molecular formula is C35H60O5. The minimum absolute atomic E-state index is 0.0149. The van der Waals surface area contributed by atoms with Gasteiger partial charge >= 0.3 is 5.97 Å². The Balaban J connectivity index is 1.42. The first-order chi connectivity index (χ1) is 18.8. The molecule has 1 N–H and O–H groups in total. The van der Waals surface area contributed by atoms with Crippen molar-refractivity contribution in [1.82, 2.24) is 0 Å². The zero-order valence-corrected chi connectivity index (χ0v) is 27.0. The molecule has 5 heteroatoms. The number of methoxy groups -OCH3 is 1. The largest absolute Gasteiger partial charge is 0.463 e. The van der Waals surface area contributed by atoms with Gasteiger partial charge in [0.2, 0.25) is 0 Å². The lowest BCUT2D eigenvalue weighted by Crippen LogP contribution is -2.67. The predicted molar refractivity (Wildman–Crippen MR) is 159 cm³/mol. The Kier molecular flexibility index (Phi) is 8.32. The molecule has 0 spiro atoms. The fraction of sp³-hybridized carbons (Fsp3) is 0.971. The van der Waals surface area contributed by atoms with Gasteiger partial charge < -0.3 is 19.3 Å². The summed E-state index contributed by atoms with van der Waals surface area (Å²) < 4.78 is 16.7. The van der Waals surface area contributed by atoms with Crippen LogP contribution < -0.4 is 0 Å². The van der Waals surface area contributed by atoms with E-state index in [0.717, 1.165) is 38.5 Å². The van der Waals surface area contributed by atoms with Crippen LogP contribution in [0.15, 0.2) is 0 Å². The summed E-state index contributed by atoms with van der Waals surface area (Å²) >= 11 is 0. The third kappa shape index (κ3) is 4.36. The van der Waals surface area contributed by atoms with Crippen LogP contribution in [0, 0.1) is 62.6 Å². The van der Waals surface area contributed by atoms with E-state index in [4.69, 9.17) is 14.2 Å². The fourth-order valence-corrected chi connectivity index (χ4v) is 12.3. The van der Waals surface area contributed by atoms with E-state index in [0.29, 0.717) is 61.9 Å². The van der Waals surface area contributed by atoms with E-state index >= 15 is 0 Å². The molecule has 5 rings (SSSR count). The second-order valence-electron chi connectivity index (χ2n) is 16.4. The van der Waals surface area contributed by atoms with E-state index in [-0.39, 0.29) is 39.1 Å². The summed E-state index contributed by atoms with van der Waals surface area (Å²) in [5.74, 6) is 3.50. The van der Waals surface area contributed by atoms with Crippen LogP contribution in [0.25, 0.3) is 0 Å². The van der Waals surface area contributed by atoms with Crippen molar-refractivity contribution in [2.75, 3.05) is 33.5 Å². The van der Waals surface area contributed by atoms with Gasteiger partial charge in [-0.25, -0.2) is 0 Å². The van der Waals surface area contributed by atoms with E-state index in [1.165, 1.54) is 25.7 Å². The number of aliphatic hydroxyl groups is 1. The van der Waals surface area contributed by atoms with Crippen LogP contribution in [0.3, 0.4) is 0 Å². The van der Waals surface area contributed by atoms with Crippen LogP contribution in [-0.2, 0) is 19.0 Å². The molecule has 5 nitrogen and oxygen atoms in total. The van der Waals surface area contributed by atoms with Crippen molar-refractivity contribution < 1.29 is 24.1 Å². The van der Waals surface area contributed by atoms with Gasteiger partial charge in [0.15, 0.2) is 0 Å². The normalized spacial score (nSPS) is 47.6. The van der Waals surface area contributed by atoms with Gasteiger partial charge in [0, 0.05) is 7.11 Å². The summed E-state index contributed by atoms with van der Waals surface area (Å²) in [5.41, 5.74) is 0.452. The summed E-state index contributed by atoms with van der Waals surface area (Å²) in [7, 11) is 1.67. The van der Waals surface area contributed by atoms with Crippen LogP contribution in [0.2, 0.25) is 0 Å². The van der Waals surface area contributed by atoms with Crippen molar-refractivity contribution in [3.05, 3.63) is 0 Å². The molecule has 10 atom stereocenters. The number of rotatable bonds is 8. The summed E-state index contributed by atoms with van der Waals surface area (Å²) in [4.78, 5) is 14.0. The number of fused-ring (bicyclic) bond motifs is 7. The molecule has 0 bridgehead atoms. The maximum absolute atomic E-state index is 14.0. The second-order valence-corrected chi connectivity index (χ2v) is 16.4. The predicted octanol–water partition coefficient (Wildman–Crippen LogP) is 7.29. The number of carbonyl (C=O) groups is 1. The average molecular weight is 561 g/mol. The van der Waals surface area contributed by atoms with E-state index in [9.17, 15) is 9.90 Å². The monoisotopic (exact) mass is 560 g/mol. The molecule has 5 aliphatic carbocycles. The van der Waals surface area contributed by atoms with Crippen molar-refractivity contribution in [3.8, 4) is 0 Å². The number of hydrogen-bond acceptors (Lipinski definition) is 5. The minimum Gasteiger partial charge on any atom is -0.463 e. The Morgan fingerprint density at radius 1 is 0.800 bits per heavy atom. The molecule has 0 aromatic heterocycles. The van der Waals surface area contributed by atoms with Gasteiger partial charge in [-0.3, -0.25) is 4.79 Å². The number of aliphatic hydroxyl groups excluding tert-OH is 1. The Morgan fingerprint density at radius 3 is 2.23 bits per heavy atom. The molecular weight excluding hydrogens is 500 g/mol. The van der Waals surface area contributed by atoms with Crippen LogP contribution in [0.4, 0.5) is 0 Å². The quantitative estimate of drug-likeness (QED) is 0.249. The molecule has 0 amide bonds.